The highest BCUT2D eigenvalue weighted by atomic mass is 79.9. The first-order valence-electron chi connectivity index (χ1n) is 5.70. The molecular formula is C12H15BrN4O. The monoisotopic (exact) mass is 310 g/mol. The van der Waals surface area contributed by atoms with Gasteiger partial charge >= 0.3 is 0 Å². The van der Waals surface area contributed by atoms with E-state index in [1.807, 2.05) is 19.1 Å². The van der Waals surface area contributed by atoms with Crippen LogP contribution in [-0.4, -0.2) is 19.0 Å². The van der Waals surface area contributed by atoms with E-state index in [1.54, 1.807) is 6.07 Å². The van der Waals surface area contributed by atoms with E-state index in [-0.39, 0.29) is 5.91 Å². The minimum Gasteiger partial charge on any atom is -0.352 e. The molecule has 0 unspecified atom stereocenters. The zero-order valence-electron chi connectivity index (χ0n) is 10.2. The summed E-state index contributed by atoms with van der Waals surface area (Å²) >= 11 is 3.37. The fraction of sp³-hybridized carbons (Fsp3) is 0.417. The molecule has 0 bridgehead atoms. The van der Waals surface area contributed by atoms with Gasteiger partial charge in [0.15, 0.2) is 0 Å². The lowest BCUT2D eigenvalue weighted by Crippen LogP contribution is -2.24. The van der Waals surface area contributed by atoms with Crippen molar-refractivity contribution in [3.05, 3.63) is 44.2 Å². The summed E-state index contributed by atoms with van der Waals surface area (Å²) in [7, 11) is 0. The minimum atomic E-state index is -0.0920. The molecule has 0 atom stereocenters. The number of benzene rings is 1. The van der Waals surface area contributed by atoms with Crippen LogP contribution in [0.3, 0.4) is 0 Å². The van der Waals surface area contributed by atoms with Crippen molar-refractivity contribution in [2.24, 2.45) is 5.11 Å². The van der Waals surface area contributed by atoms with Crippen LogP contribution in [0, 0.1) is 6.92 Å². The van der Waals surface area contributed by atoms with E-state index >= 15 is 0 Å². The summed E-state index contributed by atoms with van der Waals surface area (Å²) in [5, 5.41) is 6.26. The standard InChI is InChI=1S/C12H15BrN4O/c1-9-4-5-10(11(13)8-9)12(18)15-6-2-3-7-16-17-14/h4-5,8H,2-3,6-7H2,1H3,(H,15,18). The summed E-state index contributed by atoms with van der Waals surface area (Å²) in [4.78, 5) is 14.5. The molecule has 0 heterocycles. The Morgan fingerprint density at radius 3 is 2.94 bits per heavy atom. The SMILES string of the molecule is Cc1ccc(C(=O)NCCCCN=[N+]=[N-])c(Br)c1. The molecule has 18 heavy (non-hydrogen) atoms. The second-order valence-corrected chi connectivity index (χ2v) is 4.76. The summed E-state index contributed by atoms with van der Waals surface area (Å²) in [6.07, 6.45) is 1.58. The predicted molar refractivity (Wildman–Crippen MR) is 74.5 cm³/mol. The first-order chi connectivity index (χ1) is 8.65. The number of nitrogens with one attached hydrogen (secondary N) is 1. The van der Waals surface area contributed by atoms with Gasteiger partial charge in [-0.2, -0.15) is 0 Å². The van der Waals surface area contributed by atoms with E-state index in [0.717, 1.165) is 22.9 Å². The second kappa shape index (κ2) is 7.74. The Morgan fingerprint density at radius 2 is 2.28 bits per heavy atom. The molecule has 1 aromatic carbocycles. The number of azide groups is 1. The third kappa shape index (κ3) is 4.77. The molecule has 1 amide bonds. The van der Waals surface area contributed by atoms with Crippen LogP contribution in [-0.2, 0) is 0 Å². The predicted octanol–water partition coefficient (Wildman–Crippen LogP) is 3.58. The van der Waals surface area contributed by atoms with Gasteiger partial charge in [0.2, 0.25) is 0 Å². The van der Waals surface area contributed by atoms with Crippen LogP contribution in [0.5, 0.6) is 0 Å². The van der Waals surface area contributed by atoms with Gasteiger partial charge in [-0.15, -0.1) is 0 Å². The summed E-state index contributed by atoms with van der Waals surface area (Å²) in [6.45, 7) is 3.03. The highest BCUT2D eigenvalue weighted by Gasteiger charge is 2.08. The van der Waals surface area contributed by atoms with Gasteiger partial charge in [-0.1, -0.05) is 11.2 Å². The van der Waals surface area contributed by atoms with Crippen molar-refractivity contribution in [1.29, 1.82) is 0 Å². The van der Waals surface area contributed by atoms with Gasteiger partial charge in [0.05, 0.1) is 5.56 Å². The number of carbonyl (C=O) groups is 1. The topological polar surface area (TPSA) is 77.9 Å². The zero-order chi connectivity index (χ0) is 13.4. The van der Waals surface area contributed by atoms with Crippen molar-refractivity contribution < 1.29 is 4.79 Å². The van der Waals surface area contributed by atoms with Crippen molar-refractivity contribution in [2.75, 3.05) is 13.1 Å². The molecule has 96 valence electrons. The molecule has 5 nitrogen and oxygen atoms in total. The van der Waals surface area contributed by atoms with Crippen molar-refractivity contribution in [1.82, 2.24) is 5.32 Å². The molecular weight excluding hydrogens is 296 g/mol. The first kappa shape index (κ1) is 14.5. The zero-order valence-corrected chi connectivity index (χ0v) is 11.8. The van der Waals surface area contributed by atoms with E-state index in [9.17, 15) is 4.79 Å². The lowest BCUT2D eigenvalue weighted by molar-refractivity contribution is 0.0952. The second-order valence-electron chi connectivity index (χ2n) is 3.90. The molecule has 0 radical (unpaired) electrons. The molecule has 0 aromatic heterocycles. The molecule has 0 aliphatic heterocycles. The normalized spacial score (nSPS) is 9.67. The smallest absolute Gasteiger partial charge is 0.252 e. The number of amides is 1. The number of unbranched alkanes of at least 4 members (excludes halogenated alkanes) is 1. The van der Waals surface area contributed by atoms with E-state index in [2.05, 4.69) is 31.3 Å². The highest BCUT2D eigenvalue weighted by molar-refractivity contribution is 9.10. The molecule has 0 saturated carbocycles. The molecule has 0 saturated heterocycles. The van der Waals surface area contributed by atoms with E-state index in [4.69, 9.17) is 5.53 Å². The average molecular weight is 311 g/mol. The lowest BCUT2D eigenvalue weighted by Gasteiger charge is -2.07. The largest absolute Gasteiger partial charge is 0.352 e. The van der Waals surface area contributed by atoms with Crippen LogP contribution in [0.15, 0.2) is 27.8 Å². The van der Waals surface area contributed by atoms with Gasteiger partial charge in [-0.3, -0.25) is 4.79 Å². The highest BCUT2D eigenvalue weighted by Crippen LogP contribution is 2.18. The number of aryl methyl sites for hydroxylation is 1. The Bertz CT molecular complexity index is 469. The quantitative estimate of drug-likeness (QED) is 0.370. The maximum absolute atomic E-state index is 11.8. The fourth-order valence-corrected chi connectivity index (χ4v) is 2.13. The Hall–Kier alpha value is -1.52. The van der Waals surface area contributed by atoms with Crippen LogP contribution in [0.2, 0.25) is 0 Å². The van der Waals surface area contributed by atoms with Gasteiger partial charge in [-0.25, -0.2) is 0 Å². The number of halogens is 1. The summed E-state index contributed by atoms with van der Waals surface area (Å²) in [5.74, 6) is -0.0920. The number of nitrogens with zero attached hydrogens (tertiary/aromatic N) is 3. The van der Waals surface area contributed by atoms with E-state index in [1.165, 1.54) is 0 Å². The number of carbonyl (C=O) groups excluding carboxylic acids is 1. The molecule has 1 aromatic rings. The Labute approximate surface area is 114 Å². The van der Waals surface area contributed by atoms with E-state index in [0.29, 0.717) is 18.7 Å². The van der Waals surface area contributed by atoms with Crippen LogP contribution in [0.1, 0.15) is 28.8 Å². The van der Waals surface area contributed by atoms with Crippen LogP contribution in [0.4, 0.5) is 0 Å². The molecule has 0 fully saturated rings. The first-order valence-corrected chi connectivity index (χ1v) is 6.49. The van der Waals surface area contributed by atoms with Crippen LogP contribution >= 0.6 is 15.9 Å². The molecule has 0 aliphatic carbocycles. The van der Waals surface area contributed by atoms with Gasteiger partial charge in [0.1, 0.15) is 0 Å². The van der Waals surface area contributed by atoms with Crippen molar-refractivity contribution in [3.8, 4) is 0 Å². The Kier molecular flexibility index (Phi) is 6.25. The number of rotatable bonds is 6. The third-order valence-electron chi connectivity index (χ3n) is 2.40. The molecule has 6 heteroatoms. The minimum absolute atomic E-state index is 0.0920. The molecule has 1 rings (SSSR count). The maximum Gasteiger partial charge on any atom is 0.252 e. The maximum atomic E-state index is 11.8. The van der Waals surface area contributed by atoms with Gasteiger partial charge in [0.25, 0.3) is 5.91 Å². The van der Waals surface area contributed by atoms with Crippen molar-refractivity contribution in [3.63, 3.8) is 0 Å². The summed E-state index contributed by atoms with van der Waals surface area (Å²) in [5.41, 5.74) is 9.84. The summed E-state index contributed by atoms with van der Waals surface area (Å²) in [6, 6.07) is 5.62. The molecule has 0 aliphatic rings. The van der Waals surface area contributed by atoms with E-state index < -0.39 is 0 Å². The number of hydrogen-bond donors (Lipinski definition) is 1. The summed E-state index contributed by atoms with van der Waals surface area (Å²) < 4.78 is 0.800. The molecule has 1 N–H and O–H groups in total. The molecule has 0 spiro atoms. The van der Waals surface area contributed by atoms with Gasteiger partial charge < -0.3 is 5.32 Å². The fourth-order valence-electron chi connectivity index (χ4n) is 1.45. The van der Waals surface area contributed by atoms with Gasteiger partial charge in [0, 0.05) is 22.5 Å². The van der Waals surface area contributed by atoms with Crippen molar-refractivity contribution >= 4 is 21.8 Å². The van der Waals surface area contributed by atoms with Crippen LogP contribution in [0.25, 0.3) is 10.4 Å². The van der Waals surface area contributed by atoms with Crippen LogP contribution < -0.4 is 5.32 Å². The number of hydrogen-bond acceptors (Lipinski definition) is 2. The third-order valence-corrected chi connectivity index (χ3v) is 3.06. The Morgan fingerprint density at radius 1 is 1.50 bits per heavy atom. The Balaban J connectivity index is 2.38. The average Bonchev–Trinajstić information content (AvgIpc) is 2.33. The van der Waals surface area contributed by atoms with Gasteiger partial charge in [-0.05, 0) is 58.9 Å². The lowest BCUT2D eigenvalue weighted by atomic mass is 10.1. The van der Waals surface area contributed by atoms with Crippen molar-refractivity contribution in [2.45, 2.75) is 19.8 Å².